The largest absolute Gasteiger partial charge is 0.359 e. The summed E-state index contributed by atoms with van der Waals surface area (Å²) in [5, 5.41) is 0. The Morgan fingerprint density at radius 1 is 0.629 bits per heavy atom. The third-order valence-electron chi connectivity index (χ3n) is 9.56. The van der Waals surface area contributed by atoms with Crippen LogP contribution in [0.2, 0.25) is 0 Å². The van der Waals surface area contributed by atoms with Crippen molar-refractivity contribution < 1.29 is 0 Å². The number of nitrogens with zero attached hydrogens (tertiary/aromatic N) is 4. The highest BCUT2D eigenvalue weighted by molar-refractivity contribution is 5.70. The van der Waals surface area contributed by atoms with Crippen LogP contribution in [-0.4, -0.2) is 50.3 Å². The smallest absolute Gasteiger partial charge is 0.0707 e. The maximum Gasteiger partial charge on any atom is 0.0707 e. The molecule has 0 fully saturated rings. The summed E-state index contributed by atoms with van der Waals surface area (Å²) in [5.41, 5.74) is 12.8. The van der Waals surface area contributed by atoms with Crippen LogP contribution in [0, 0.1) is 0 Å². The summed E-state index contributed by atoms with van der Waals surface area (Å²) >= 11 is 0. The molecule has 6 rings (SSSR count). The van der Waals surface area contributed by atoms with Gasteiger partial charge < -0.3 is 9.80 Å². The van der Waals surface area contributed by atoms with Crippen molar-refractivity contribution in [1.29, 1.82) is 0 Å². The van der Waals surface area contributed by atoms with Crippen molar-refractivity contribution in [3.8, 4) is 0 Å². The minimum atomic E-state index is 0.109. The van der Waals surface area contributed by atoms with E-state index in [0.29, 0.717) is 0 Å². The molecule has 0 saturated heterocycles. The Morgan fingerprint density at radius 2 is 1.03 bits per heavy atom. The number of rotatable bonds is 2. The Bertz CT molecular complexity index is 1190. The van der Waals surface area contributed by atoms with Crippen molar-refractivity contribution in [3.05, 3.63) is 57.6 Å². The molecule has 188 valence electrons. The lowest BCUT2D eigenvalue weighted by Crippen LogP contribution is -2.40. The first-order valence-corrected chi connectivity index (χ1v) is 13.7. The zero-order valence-corrected chi connectivity index (χ0v) is 23.3. The summed E-state index contributed by atoms with van der Waals surface area (Å²) in [4.78, 5) is 10.0. The first kappa shape index (κ1) is 23.4. The van der Waals surface area contributed by atoms with E-state index in [1.54, 1.807) is 22.3 Å². The normalized spacial score (nSPS) is 26.6. The lowest BCUT2D eigenvalue weighted by atomic mass is 9.72. The molecule has 0 radical (unpaired) electrons. The van der Waals surface area contributed by atoms with Gasteiger partial charge in [0.25, 0.3) is 0 Å². The van der Waals surface area contributed by atoms with Crippen molar-refractivity contribution in [2.24, 2.45) is 0 Å². The molecule has 35 heavy (non-hydrogen) atoms. The van der Waals surface area contributed by atoms with Crippen LogP contribution in [0.25, 0.3) is 0 Å². The summed E-state index contributed by atoms with van der Waals surface area (Å²) in [5.74, 6) is 0. The van der Waals surface area contributed by atoms with E-state index in [4.69, 9.17) is 0 Å². The summed E-state index contributed by atoms with van der Waals surface area (Å²) in [7, 11) is 4.51. The molecule has 1 atom stereocenters. The van der Waals surface area contributed by atoms with Gasteiger partial charge in [-0.25, -0.2) is 0 Å². The zero-order valence-electron chi connectivity index (χ0n) is 23.3. The molecule has 2 aromatic carbocycles. The number of benzene rings is 2. The summed E-state index contributed by atoms with van der Waals surface area (Å²) in [6.45, 7) is 20.8. The Kier molecular flexibility index (Phi) is 5.00. The number of anilines is 2. The molecule has 0 N–H and O–H groups in total. The zero-order chi connectivity index (χ0) is 24.9. The predicted molar refractivity (Wildman–Crippen MR) is 148 cm³/mol. The second kappa shape index (κ2) is 7.49. The number of hydrogen-bond acceptors (Lipinski definition) is 4. The van der Waals surface area contributed by atoms with Gasteiger partial charge in [-0.1, -0.05) is 39.8 Å². The molecule has 4 nitrogen and oxygen atoms in total. The second-order valence-corrected chi connectivity index (χ2v) is 13.3. The molecule has 2 heterocycles. The maximum atomic E-state index is 2.63. The van der Waals surface area contributed by atoms with Crippen molar-refractivity contribution in [2.75, 3.05) is 50.3 Å². The van der Waals surface area contributed by atoms with Gasteiger partial charge in [0.05, 0.1) is 13.3 Å². The Balaban J connectivity index is 1.59. The van der Waals surface area contributed by atoms with Gasteiger partial charge in [0.15, 0.2) is 0 Å². The van der Waals surface area contributed by atoms with Crippen molar-refractivity contribution in [1.82, 2.24) is 9.80 Å². The van der Waals surface area contributed by atoms with Gasteiger partial charge in [-0.2, -0.15) is 0 Å². The number of fused-ring (bicyclic) bond motifs is 6. The number of hydrogen-bond donors (Lipinski definition) is 0. The van der Waals surface area contributed by atoms with Crippen LogP contribution >= 0.6 is 0 Å². The van der Waals surface area contributed by atoms with Crippen molar-refractivity contribution >= 4 is 11.4 Å². The van der Waals surface area contributed by atoms with Crippen molar-refractivity contribution in [3.63, 3.8) is 0 Å². The molecule has 2 aliphatic heterocycles. The fourth-order valence-corrected chi connectivity index (χ4v) is 8.27. The lowest BCUT2D eigenvalue weighted by molar-refractivity contribution is 0.310. The minimum Gasteiger partial charge on any atom is -0.359 e. The average Bonchev–Trinajstić information content (AvgIpc) is 3.14. The summed E-state index contributed by atoms with van der Waals surface area (Å²) < 4.78 is 0. The van der Waals surface area contributed by atoms with Gasteiger partial charge in [-0.15, -0.1) is 0 Å². The molecule has 0 saturated carbocycles. The molecule has 0 aromatic heterocycles. The molecule has 2 aromatic rings. The van der Waals surface area contributed by atoms with Crippen LogP contribution in [0.15, 0.2) is 24.3 Å². The molecule has 2 aliphatic carbocycles. The van der Waals surface area contributed by atoms with Crippen LogP contribution in [0.1, 0.15) is 87.8 Å². The molecule has 1 unspecified atom stereocenters. The highest BCUT2D eigenvalue weighted by atomic mass is 15.3. The van der Waals surface area contributed by atoms with Gasteiger partial charge in [0.2, 0.25) is 0 Å². The summed E-state index contributed by atoms with van der Waals surface area (Å²) in [6.07, 6.45) is 2.42. The first-order chi connectivity index (χ1) is 16.5. The molecular formula is C31H44N4. The van der Waals surface area contributed by atoms with E-state index in [2.05, 4.69) is 99.5 Å². The fourth-order valence-electron chi connectivity index (χ4n) is 8.27. The predicted octanol–water partition coefficient (Wildman–Crippen LogP) is 5.79. The van der Waals surface area contributed by atoms with Crippen molar-refractivity contribution in [2.45, 2.75) is 83.7 Å². The van der Waals surface area contributed by atoms with E-state index in [9.17, 15) is 0 Å². The molecular weight excluding hydrogens is 428 g/mol. The van der Waals surface area contributed by atoms with Crippen LogP contribution in [-0.2, 0) is 29.3 Å². The average molecular weight is 473 g/mol. The Labute approximate surface area is 212 Å². The third-order valence-corrected chi connectivity index (χ3v) is 9.56. The summed E-state index contributed by atoms with van der Waals surface area (Å²) in [6, 6.07) is 10.4. The van der Waals surface area contributed by atoms with Crippen LogP contribution in [0.3, 0.4) is 0 Å². The minimum absolute atomic E-state index is 0.109. The van der Waals surface area contributed by atoms with E-state index < -0.39 is 0 Å². The first-order valence-electron chi connectivity index (χ1n) is 13.7. The van der Waals surface area contributed by atoms with E-state index in [1.807, 2.05) is 0 Å². The highest BCUT2D eigenvalue weighted by Gasteiger charge is 2.57. The highest BCUT2D eigenvalue weighted by Crippen LogP contribution is 2.64. The van der Waals surface area contributed by atoms with Gasteiger partial charge in [0, 0.05) is 43.0 Å². The monoisotopic (exact) mass is 472 g/mol. The van der Waals surface area contributed by atoms with Gasteiger partial charge in [-0.3, -0.25) is 9.80 Å². The van der Waals surface area contributed by atoms with Crippen LogP contribution in [0.4, 0.5) is 11.4 Å². The lowest BCUT2D eigenvalue weighted by Gasteiger charge is -2.38. The fraction of sp³-hybridized carbons (Fsp3) is 0.613. The van der Waals surface area contributed by atoms with Gasteiger partial charge in [0.1, 0.15) is 0 Å². The topological polar surface area (TPSA) is 13.0 Å². The maximum absolute atomic E-state index is 2.63. The van der Waals surface area contributed by atoms with Crippen LogP contribution < -0.4 is 9.80 Å². The molecule has 0 bridgehead atoms. The van der Waals surface area contributed by atoms with Crippen LogP contribution in [0.5, 0.6) is 0 Å². The molecule has 0 amide bonds. The standard InChI is InChI=1S/C31H44N4/c1-9-34-19-33(8)16-22-12-25-24(13-27(22)34)30(5,6)18-31(25)17-29(3,4)23-11-21-15-32(7)20-35(10-2)28(21)14-26(23)31/h11-14H,9-10,15-20H2,1-8H3. The SMILES string of the molecule is CCN1CN(C)Cc2cc3c(cc21)C(C)(C)CC31CC(C)(C)c2cc3c(cc21)N(CC)CN(C)C3. The van der Waals surface area contributed by atoms with Gasteiger partial charge >= 0.3 is 0 Å². The van der Waals surface area contributed by atoms with E-state index in [-0.39, 0.29) is 16.2 Å². The molecule has 4 aliphatic rings. The molecule has 4 heteroatoms. The van der Waals surface area contributed by atoms with E-state index in [1.165, 1.54) is 35.3 Å². The third kappa shape index (κ3) is 3.25. The Hall–Kier alpha value is -2.04. The van der Waals surface area contributed by atoms with E-state index in [0.717, 1.165) is 39.5 Å². The second-order valence-electron chi connectivity index (χ2n) is 13.3. The Morgan fingerprint density at radius 3 is 1.51 bits per heavy atom. The van der Waals surface area contributed by atoms with E-state index >= 15 is 0 Å². The molecule has 1 spiro atoms. The quantitative estimate of drug-likeness (QED) is 0.548. The van der Waals surface area contributed by atoms with Gasteiger partial charge in [-0.05, 0) is 97.1 Å².